The van der Waals surface area contributed by atoms with E-state index in [1.807, 2.05) is 0 Å². The number of hydrogen-bond acceptors (Lipinski definition) is 5. The predicted molar refractivity (Wildman–Crippen MR) is 79.3 cm³/mol. The fourth-order valence-electron chi connectivity index (χ4n) is 1.68. The molecule has 6 heteroatoms. The molecular weight excluding hydrogens is 272 g/mol. The SMILES string of the molecule is COc1cc(C=NNc2cccc(C(=O)O)c2)ccc1O. The van der Waals surface area contributed by atoms with E-state index in [1.54, 1.807) is 24.3 Å². The molecule has 0 aliphatic rings. The molecule has 0 radical (unpaired) electrons. The molecule has 0 unspecified atom stereocenters. The first-order chi connectivity index (χ1) is 10.1. The molecule has 0 aliphatic heterocycles. The molecule has 0 fully saturated rings. The topological polar surface area (TPSA) is 91.2 Å². The second-order valence-electron chi connectivity index (χ2n) is 4.19. The fourth-order valence-corrected chi connectivity index (χ4v) is 1.68. The van der Waals surface area contributed by atoms with Crippen molar-refractivity contribution in [2.24, 2.45) is 5.10 Å². The average Bonchev–Trinajstić information content (AvgIpc) is 2.49. The third-order valence-electron chi connectivity index (χ3n) is 2.72. The Labute approximate surface area is 121 Å². The molecule has 0 bridgehead atoms. The van der Waals surface area contributed by atoms with E-state index in [1.165, 1.54) is 31.5 Å². The molecule has 2 rings (SSSR count). The van der Waals surface area contributed by atoms with E-state index in [0.29, 0.717) is 11.4 Å². The molecule has 2 aromatic carbocycles. The van der Waals surface area contributed by atoms with Crippen LogP contribution in [0.25, 0.3) is 0 Å². The number of ether oxygens (including phenoxy) is 1. The van der Waals surface area contributed by atoms with Crippen LogP contribution in [0.2, 0.25) is 0 Å². The molecule has 0 atom stereocenters. The van der Waals surface area contributed by atoms with Crippen LogP contribution in [-0.2, 0) is 0 Å². The summed E-state index contributed by atoms with van der Waals surface area (Å²) in [4.78, 5) is 10.8. The van der Waals surface area contributed by atoms with E-state index in [2.05, 4.69) is 10.5 Å². The van der Waals surface area contributed by atoms with Crippen LogP contribution in [0.4, 0.5) is 5.69 Å². The van der Waals surface area contributed by atoms with Crippen molar-refractivity contribution < 1.29 is 19.7 Å². The first kappa shape index (κ1) is 14.4. The van der Waals surface area contributed by atoms with Crippen LogP contribution in [-0.4, -0.2) is 29.5 Å². The number of phenols is 1. The van der Waals surface area contributed by atoms with Gasteiger partial charge >= 0.3 is 5.97 Å². The smallest absolute Gasteiger partial charge is 0.335 e. The Kier molecular flexibility index (Phi) is 4.40. The quantitative estimate of drug-likeness (QED) is 0.580. The molecule has 0 aliphatic carbocycles. The van der Waals surface area contributed by atoms with E-state index < -0.39 is 5.97 Å². The minimum atomic E-state index is -0.995. The third kappa shape index (κ3) is 3.73. The number of anilines is 1. The van der Waals surface area contributed by atoms with E-state index in [9.17, 15) is 9.90 Å². The number of carboxylic acids is 1. The number of nitrogens with zero attached hydrogens (tertiary/aromatic N) is 1. The van der Waals surface area contributed by atoms with Crippen LogP contribution in [0, 0.1) is 0 Å². The molecule has 6 nitrogen and oxygen atoms in total. The summed E-state index contributed by atoms with van der Waals surface area (Å²) in [5.74, 6) is -0.588. The van der Waals surface area contributed by atoms with Gasteiger partial charge in [-0.25, -0.2) is 4.79 Å². The number of carbonyl (C=O) groups is 1. The number of hydrazone groups is 1. The zero-order chi connectivity index (χ0) is 15.2. The largest absolute Gasteiger partial charge is 0.504 e. The van der Waals surface area contributed by atoms with Gasteiger partial charge in [0.1, 0.15) is 0 Å². The molecule has 2 aromatic rings. The lowest BCUT2D eigenvalue weighted by Gasteiger charge is -2.04. The summed E-state index contributed by atoms with van der Waals surface area (Å²) in [6.45, 7) is 0. The normalized spacial score (nSPS) is 10.5. The lowest BCUT2D eigenvalue weighted by atomic mass is 10.2. The average molecular weight is 286 g/mol. The summed E-state index contributed by atoms with van der Waals surface area (Å²) in [5.41, 5.74) is 4.22. The van der Waals surface area contributed by atoms with E-state index in [0.717, 1.165) is 5.56 Å². The summed E-state index contributed by atoms with van der Waals surface area (Å²) >= 11 is 0. The van der Waals surface area contributed by atoms with Crippen molar-refractivity contribution in [2.75, 3.05) is 12.5 Å². The Morgan fingerprint density at radius 3 is 2.81 bits per heavy atom. The van der Waals surface area contributed by atoms with Crippen molar-refractivity contribution in [2.45, 2.75) is 0 Å². The van der Waals surface area contributed by atoms with Gasteiger partial charge in [0.25, 0.3) is 0 Å². The highest BCUT2D eigenvalue weighted by molar-refractivity contribution is 5.89. The standard InChI is InChI=1S/C15H14N2O4/c1-21-14-7-10(5-6-13(14)18)9-16-17-12-4-2-3-11(8-12)15(19)20/h2-9,17-18H,1H3,(H,19,20). The maximum Gasteiger partial charge on any atom is 0.335 e. The molecule has 0 amide bonds. The van der Waals surface area contributed by atoms with Gasteiger partial charge in [-0.1, -0.05) is 6.07 Å². The van der Waals surface area contributed by atoms with Gasteiger partial charge in [-0.2, -0.15) is 5.10 Å². The van der Waals surface area contributed by atoms with Gasteiger partial charge in [-0.3, -0.25) is 5.43 Å². The summed E-state index contributed by atoms with van der Waals surface area (Å²) < 4.78 is 4.99. The number of carboxylic acid groups (broad SMARTS) is 1. The Bertz CT molecular complexity index is 683. The minimum absolute atomic E-state index is 0.0526. The van der Waals surface area contributed by atoms with E-state index in [4.69, 9.17) is 9.84 Å². The Morgan fingerprint density at radius 1 is 1.29 bits per heavy atom. The maximum atomic E-state index is 10.8. The predicted octanol–water partition coefficient (Wildman–Crippen LogP) is 2.55. The lowest BCUT2D eigenvalue weighted by molar-refractivity contribution is 0.0697. The minimum Gasteiger partial charge on any atom is -0.504 e. The Hall–Kier alpha value is -3.02. The summed E-state index contributed by atoms with van der Waals surface area (Å²) in [5, 5.41) is 22.4. The lowest BCUT2D eigenvalue weighted by Crippen LogP contribution is -1.97. The molecule has 0 heterocycles. The van der Waals surface area contributed by atoms with Gasteiger partial charge in [0.05, 0.1) is 24.6 Å². The molecule has 0 aromatic heterocycles. The first-order valence-corrected chi connectivity index (χ1v) is 6.09. The van der Waals surface area contributed by atoms with E-state index in [-0.39, 0.29) is 11.3 Å². The number of aromatic hydroxyl groups is 1. The van der Waals surface area contributed by atoms with Gasteiger partial charge in [0.15, 0.2) is 11.5 Å². The third-order valence-corrected chi connectivity index (χ3v) is 2.72. The van der Waals surface area contributed by atoms with Crippen LogP contribution in [0.3, 0.4) is 0 Å². The molecule has 0 spiro atoms. The highest BCUT2D eigenvalue weighted by atomic mass is 16.5. The number of hydrogen-bond donors (Lipinski definition) is 3. The molecular formula is C15H14N2O4. The van der Waals surface area contributed by atoms with Crippen LogP contribution < -0.4 is 10.2 Å². The second kappa shape index (κ2) is 6.42. The van der Waals surface area contributed by atoms with Gasteiger partial charge in [0.2, 0.25) is 0 Å². The highest BCUT2D eigenvalue weighted by Crippen LogP contribution is 2.25. The molecule has 3 N–H and O–H groups in total. The van der Waals surface area contributed by atoms with Crippen molar-refractivity contribution in [3.8, 4) is 11.5 Å². The number of rotatable bonds is 5. The maximum absolute atomic E-state index is 10.8. The number of nitrogens with one attached hydrogen (secondary N) is 1. The first-order valence-electron chi connectivity index (χ1n) is 6.09. The number of benzene rings is 2. The highest BCUT2D eigenvalue weighted by Gasteiger charge is 2.03. The zero-order valence-electron chi connectivity index (χ0n) is 11.3. The molecule has 21 heavy (non-hydrogen) atoms. The van der Waals surface area contributed by atoms with Crippen molar-refractivity contribution in [1.29, 1.82) is 0 Å². The van der Waals surface area contributed by atoms with Crippen molar-refractivity contribution in [1.82, 2.24) is 0 Å². The number of methoxy groups -OCH3 is 1. The van der Waals surface area contributed by atoms with Crippen LogP contribution in [0.5, 0.6) is 11.5 Å². The Morgan fingerprint density at radius 2 is 2.10 bits per heavy atom. The molecule has 0 saturated carbocycles. The van der Waals surface area contributed by atoms with Crippen molar-refractivity contribution in [3.05, 3.63) is 53.6 Å². The number of phenolic OH excluding ortho intramolecular Hbond substituents is 1. The van der Waals surface area contributed by atoms with Crippen LogP contribution in [0.1, 0.15) is 15.9 Å². The molecule has 108 valence electrons. The van der Waals surface area contributed by atoms with Gasteiger partial charge in [-0.05, 0) is 42.0 Å². The van der Waals surface area contributed by atoms with Gasteiger partial charge in [-0.15, -0.1) is 0 Å². The number of aromatic carboxylic acids is 1. The van der Waals surface area contributed by atoms with Crippen molar-refractivity contribution in [3.63, 3.8) is 0 Å². The van der Waals surface area contributed by atoms with Crippen LogP contribution in [0.15, 0.2) is 47.6 Å². The second-order valence-corrected chi connectivity index (χ2v) is 4.19. The van der Waals surface area contributed by atoms with Gasteiger partial charge in [0, 0.05) is 0 Å². The summed E-state index contributed by atoms with van der Waals surface area (Å²) in [7, 11) is 1.46. The monoisotopic (exact) mass is 286 g/mol. The summed E-state index contributed by atoms with van der Waals surface area (Å²) in [6, 6.07) is 11.1. The van der Waals surface area contributed by atoms with Crippen molar-refractivity contribution >= 4 is 17.9 Å². The summed E-state index contributed by atoms with van der Waals surface area (Å²) in [6.07, 6.45) is 1.54. The Balaban J connectivity index is 2.08. The zero-order valence-corrected chi connectivity index (χ0v) is 11.3. The van der Waals surface area contributed by atoms with Crippen LogP contribution >= 0.6 is 0 Å². The van der Waals surface area contributed by atoms with E-state index >= 15 is 0 Å². The molecule has 0 saturated heterocycles. The fraction of sp³-hybridized carbons (Fsp3) is 0.0667. The van der Waals surface area contributed by atoms with Gasteiger partial charge < -0.3 is 14.9 Å².